The van der Waals surface area contributed by atoms with E-state index in [2.05, 4.69) is 36.1 Å². The Morgan fingerprint density at radius 2 is 1.68 bits per heavy atom. The first-order chi connectivity index (χ1) is 32.7. The molecule has 7 heterocycles. The van der Waals surface area contributed by atoms with E-state index in [9.17, 15) is 28.8 Å². The van der Waals surface area contributed by atoms with Crippen LogP contribution in [0.1, 0.15) is 104 Å². The Balaban J connectivity index is 0.000000177. The number of piperidine rings is 3. The molecule has 1 unspecified atom stereocenters. The maximum Gasteiger partial charge on any atom is 0.293 e. The van der Waals surface area contributed by atoms with E-state index in [0.717, 1.165) is 97.7 Å². The number of amides is 5. The Bertz CT molecular complexity index is 2700. The zero-order valence-corrected chi connectivity index (χ0v) is 39.7. The van der Waals surface area contributed by atoms with Crippen molar-refractivity contribution in [3.63, 3.8) is 0 Å². The number of imide groups is 2. The average molecular weight is 952 g/mol. The molecule has 1 saturated carbocycles. The lowest BCUT2D eigenvalue weighted by Gasteiger charge is -2.54. The van der Waals surface area contributed by atoms with Crippen LogP contribution in [-0.2, 0) is 19.1 Å². The number of halogens is 1. The van der Waals surface area contributed by atoms with Crippen LogP contribution >= 0.6 is 11.6 Å². The van der Waals surface area contributed by atoms with Crippen molar-refractivity contribution in [1.29, 1.82) is 0 Å². The highest BCUT2D eigenvalue weighted by Crippen LogP contribution is 2.44. The largest absolute Gasteiger partial charge is 0.478 e. The molecule has 10 rings (SSSR count). The molecule has 1 spiro atoms. The molecule has 5 amide bonds. The number of carbonyl (C=O) groups is 5. The minimum Gasteiger partial charge on any atom is -0.478 e. The van der Waals surface area contributed by atoms with Gasteiger partial charge in [-0.05, 0) is 127 Å². The third-order valence-corrected chi connectivity index (χ3v) is 14.5. The molecule has 19 heteroatoms. The van der Waals surface area contributed by atoms with Gasteiger partial charge in [0.2, 0.25) is 17.8 Å². The third kappa shape index (κ3) is 9.37. The molecule has 0 bridgehead atoms. The number of pyridine rings is 1. The number of nitrogens with one attached hydrogen (secondary N) is 4. The number of aromatic nitrogens is 3. The van der Waals surface area contributed by atoms with E-state index in [1.54, 1.807) is 22.9 Å². The lowest BCUT2D eigenvalue weighted by molar-refractivity contribution is -0.136. The molecule has 1 atom stereocenters. The number of fused-ring (bicyclic) bond motifs is 2. The summed E-state index contributed by atoms with van der Waals surface area (Å²) in [5.41, 5.74) is 4.09. The molecule has 4 saturated heterocycles. The van der Waals surface area contributed by atoms with Gasteiger partial charge in [0, 0.05) is 67.9 Å². The number of likely N-dealkylation sites (N-methyl/N-ethyl adjacent to an activating group) is 1. The highest BCUT2D eigenvalue weighted by molar-refractivity contribution is 6.33. The van der Waals surface area contributed by atoms with Gasteiger partial charge in [0.15, 0.2) is 18.2 Å². The fraction of sp³-hybridized carbons (Fsp3) is 0.510. The Labute approximate surface area is 399 Å². The van der Waals surface area contributed by atoms with Crippen molar-refractivity contribution < 1.29 is 33.4 Å². The van der Waals surface area contributed by atoms with E-state index in [1.165, 1.54) is 26.3 Å². The molecular formula is C49H59ClN10O8. The van der Waals surface area contributed by atoms with Crippen molar-refractivity contribution in [2.75, 3.05) is 68.0 Å². The van der Waals surface area contributed by atoms with E-state index < -0.39 is 23.8 Å². The Hall–Kier alpha value is -6.11. The summed E-state index contributed by atoms with van der Waals surface area (Å²) in [7, 11) is 1.52. The highest BCUT2D eigenvalue weighted by atomic mass is 35.5. The van der Waals surface area contributed by atoms with Crippen molar-refractivity contribution in [3.05, 3.63) is 74.7 Å². The molecule has 1 aliphatic carbocycles. The SMILES string of the molecule is CNC(=O)COc1cc2cc(Nc3nc(N4CCC(OC5CCC5)CC4)ncc3Cl)ccc2n(C(C)C)c1=O.Cc1c(N2CC3(CCNCC3)C2)ccc2c1C(=O)N(C1CCC(=O)NC1=O)C2=O. The molecule has 2 aromatic carbocycles. The number of hydrogen-bond donors (Lipinski definition) is 4. The molecule has 4 aromatic rings. The molecule has 68 heavy (non-hydrogen) atoms. The van der Waals surface area contributed by atoms with Gasteiger partial charge in [-0.25, -0.2) is 4.98 Å². The number of ether oxygens (including phenoxy) is 2. The molecule has 5 fully saturated rings. The predicted octanol–water partition coefficient (Wildman–Crippen LogP) is 5.02. The second-order valence-electron chi connectivity index (χ2n) is 19.1. The van der Waals surface area contributed by atoms with Gasteiger partial charge >= 0.3 is 0 Å². The quantitative estimate of drug-likeness (QED) is 0.146. The van der Waals surface area contributed by atoms with Gasteiger partial charge in [-0.15, -0.1) is 0 Å². The van der Waals surface area contributed by atoms with Crippen LogP contribution in [0, 0.1) is 12.3 Å². The summed E-state index contributed by atoms with van der Waals surface area (Å²) in [5, 5.41) is 12.6. The summed E-state index contributed by atoms with van der Waals surface area (Å²) in [6.07, 6.45) is 10.5. The van der Waals surface area contributed by atoms with Crippen molar-refractivity contribution in [3.8, 4) is 5.75 Å². The van der Waals surface area contributed by atoms with E-state index in [0.29, 0.717) is 45.5 Å². The Morgan fingerprint density at radius 1 is 0.941 bits per heavy atom. The summed E-state index contributed by atoms with van der Waals surface area (Å²) < 4.78 is 13.4. The number of benzene rings is 2. The average Bonchev–Trinajstić information content (AvgIpc) is 3.56. The van der Waals surface area contributed by atoms with Gasteiger partial charge in [-0.1, -0.05) is 11.6 Å². The van der Waals surface area contributed by atoms with Crippen molar-refractivity contribution >= 4 is 75.2 Å². The number of nitrogens with zero attached hydrogens (tertiary/aromatic N) is 6. The van der Waals surface area contributed by atoms with Crippen molar-refractivity contribution in [1.82, 2.24) is 35.4 Å². The van der Waals surface area contributed by atoms with Gasteiger partial charge < -0.3 is 39.8 Å². The first-order valence-corrected chi connectivity index (χ1v) is 24.1. The summed E-state index contributed by atoms with van der Waals surface area (Å²) in [6, 6.07) is 9.92. The summed E-state index contributed by atoms with van der Waals surface area (Å²) in [6.45, 7) is 11.2. The van der Waals surface area contributed by atoms with Crippen molar-refractivity contribution in [2.45, 2.75) is 103 Å². The van der Waals surface area contributed by atoms with Crippen molar-refractivity contribution in [2.24, 2.45) is 5.41 Å². The van der Waals surface area contributed by atoms with E-state index in [4.69, 9.17) is 26.1 Å². The Morgan fingerprint density at radius 3 is 2.35 bits per heavy atom. The first-order valence-electron chi connectivity index (χ1n) is 23.8. The number of anilines is 4. The normalized spacial score (nSPS) is 20.4. The van der Waals surface area contributed by atoms with Gasteiger partial charge in [-0.3, -0.25) is 39.0 Å². The maximum absolute atomic E-state index is 13.1. The topological polar surface area (TPSA) is 209 Å². The zero-order valence-electron chi connectivity index (χ0n) is 39.0. The summed E-state index contributed by atoms with van der Waals surface area (Å²) >= 11 is 6.47. The van der Waals surface area contributed by atoms with E-state index in [1.807, 2.05) is 45.0 Å². The number of hydrogen-bond acceptors (Lipinski definition) is 14. The van der Waals surface area contributed by atoms with Crippen LogP contribution in [0.3, 0.4) is 0 Å². The third-order valence-electron chi connectivity index (χ3n) is 14.2. The van der Waals surface area contributed by atoms with Crippen LogP contribution in [0.5, 0.6) is 5.75 Å². The maximum atomic E-state index is 13.1. The zero-order chi connectivity index (χ0) is 47.9. The molecule has 5 aliphatic heterocycles. The second kappa shape index (κ2) is 19.5. The number of rotatable bonds is 11. The minimum absolute atomic E-state index is 0.107. The molecule has 4 N–H and O–H groups in total. The van der Waals surface area contributed by atoms with Crippen LogP contribution < -0.4 is 41.4 Å². The first kappa shape index (κ1) is 47.0. The fourth-order valence-electron chi connectivity index (χ4n) is 10.2. The Kier molecular flexibility index (Phi) is 13.5. The monoisotopic (exact) mass is 950 g/mol. The van der Waals surface area contributed by atoms with Gasteiger partial charge in [0.1, 0.15) is 11.1 Å². The van der Waals surface area contributed by atoms with Gasteiger partial charge in [-0.2, -0.15) is 4.98 Å². The summed E-state index contributed by atoms with van der Waals surface area (Å²) in [4.78, 5) is 89.2. The smallest absolute Gasteiger partial charge is 0.293 e. The lowest BCUT2D eigenvalue weighted by Crippen LogP contribution is -2.60. The van der Waals surface area contributed by atoms with E-state index in [-0.39, 0.29) is 48.6 Å². The highest BCUT2D eigenvalue weighted by Gasteiger charge is 2.48. The fourth-order valence-corrected chi connectivity index (χ4v) is 10.3. The minimum atomic E-state index is -0.926. The van der Waals surface area contributed by atoms with Crippen LogP contribution in [-0.4, -0.2) is 120 Å². The standard InChI is InChI=1S/C28H35ClN6O4.C21H24N4O4/c1-17(2)35-23-8-7-19(13-18(23)14-24(27(35)37)38-16-25(36)30-3)32-26-22(29)15-31-28(33-26)34-11-9-21(10-12-34)39-20-5-4-6-20;1-12-14(24-10-21(11-24)6-8-22-9-7-21)3-2-13-17(12)20(29)25(19(13)28)15-4-5-16(26)23-18(15)27/h7-8,13-15,17,20-21H,4-6,9-12,16H2,1-3H3,(H,30,36)(H,31,32,33);2-3,15,22H,4-11H2,1H3,(H,23,26,27). The molecule has 2 aromatic heterocycles. The lowest BCUT2D eigenvalue weighted by atomic mass is 9.72. The molecule has 6 aliphatic rings. The predicted molar refractivity (Wildman–Crippen MR) is 257 cm³/mol. The second-order valence-corrected chi connectivity index (χ2v) is 19.5. The summed E-state index contributed by atoms with van der Waals surface area (Å²) in [5.74, 6) is -0.904. The van der Waals surface area contributed by atoms with Crippen LogP contribution in [0.15, 0.2) is 47.4 Å². The molecular weight excluding hydrogens is 892 g/mol. The molecule has 0 radical (unpaired) electrons. The molecule has 18 nitrogen and oxygen atoms in total. The van der Waals surface area contributed by atoms with Crippen LogP contribution in [0.25, 0.3) is 10.9 Å². The van der Waals surface area contributed by atoms with Gasteiger partial charge in [0.05, 0.1) is 35.0 Å². The number of carbonyl (C=O) groups excluding carboxylic acids is 5. The van der Waals surface area contributed by atoms with Gasteiger partial charge in [0.25, 0.3) is 23.3 Å². The van der Waals surface area contributed by atoms with E-state index >= 15 is 0 Å². The van der Waals surface area contributed by atoms with Crippen LogP contribution in [0.4, 0.5) is 23.1 Å². The molecule has 360 valence electrons. The van der Waals surface area contributed by atoms with Crippen LogP contribution in [0.2, 0.25) is 5.02 Å².